The van der Waals surface area contributed by atoms with Gasteiger partial charge in [0.05, 0.1) is 24.2 Å². The SMILES string of the molecule is CC(C)C(N=CC=NC(C(C)C)C(C)C)C(C)C.CC(C)C(N=CC=NC(C(C)C)C(C)C)C(C)C.[Ni]. The first-order chi connectivity index (χ1) is 16.5. The average Bonchev–Trinajstić information content (AvgIpc) is 2.71. The molecule has 0 spiro atoms. The Morgan fingerprint density at radius 2 is 0.378 bits per heavy atom. The summed E-state index contributed by atoms with van der Waals surface area (Å²) in [4.78, 5) is 18.6. The predicted octanol–water partition coefficient (Wildman–Crippen LogP) is 8.98. The third-order valence-electron chi connectivity index (χ3n) is 6.63. The monoisotopic (exact) mass is 562 g/mol. The second kappa shape index (κ2) is 22.0. The van der Waals surface area contributed by atoms with Gasteiger partial charge in [-0.05, 0) is 47.3 Å². The normalized spacial score (nSPS) is 13.5. The van der Waals surface area contributed by atoms with E-state index in [1.807, 2.05) is 24.9 Å². The van der Waals surface area contributed by atoms with Crippen LogP contribution in [0, 0.1) is 47.3 Å². The van der Waals surface area contributed by atoms with Gasteiger partial charge in [0.2, 0.25) is 0 Å². The van der Waals surface area contributed by atoms with E-state index in [1.165, 1.54) is 0 Å². The van der Waals surface area contributed by atoms with E-state index in [1.54, 1.807) is 0 Å². The first kappa shape index (κ1) is 40.7. The Balaban J connectivity index is -0.000000608. The van der Waals surface area contributed by atoms with Crippen LogP contribution in [0.15, 0.2) is 20.0 Å². The van der Waals surface area contributed by atoms with E-state index >= 15 is 0 Å². The van der Waals surface area contributed by atoms with E-state index in [-0.39, 0.29) is 16.5 Å². The Hall–Kier alpha value is -0.826. The maximum atomic E-state index is 4.64. The number of hydrogen-bond acceptors (Lipinski definition) is 4. The molecule has 0 fully saturated rings. The van der Waals surface area contributed by atoms with Crippen molar-refractivity contribution >= 4 is 24.9 Å². The molecule has 0 bridgehead atoms. The molecule has 0 N–H and O–H groups in total. The molecule has 0 aromatic rings. The van der Waals surface area contributed by atoms with Gasteiger partial charge in [-0.15, -0.1) is 0 Å². The van der Waals surface area contributed by atoms with E-state index in [4.69, 9.17) is 0 Å². The second-order valence-electron chi connectivity index (χ2n) is 13.1. The molecule has 0 atom stereocenters. The summed E-state index contributed by atoms with van der Waals surface area (Å²) in [6, 6.07) is 1.59. The summed E-state index contributed by atoms with van der Waals surface area (Å²) < 4.78 is 0. The zero-order valence-electron chi connectivity index (χ0n) is 27.3. The maximum absolute atomic E-state index is 4.64. The summed E-state index contributed by atoms with van der Waals surface area (Å²) in [5.74, 6) is 4.67. The Morgan fingerprint density at radius 1 is 0.270 bits per heavy atom. The molecule has 0 aliphatic rings. The standard InChI is InChI=1S/2C16H32N2.Ni/c2*1-11(2)15(12(3)4)17-9-10-18-16(13(5)6)14(7)8;/h2*9-16H,1-8H3;. The molecule has 0 saturated carbocycles. The first-order valence-electron chi connectivity index (χ1n) is 14.6. The summed E-state index contributed by atoms with van der Waals surface area (Å²) in [5, 5.41) is 0. The molecule has 0 aromatic carbocycles. The van der Waals surface area contributed by atoms with Gasteiger partial charge >= 0.3 is 0 Å². The predicted molar refractivity (Wildman–Crippen MR) is 168 cm³/mol. The first-order valence-corrected chi connectivity index (χ1v) is 14.6. The molecule has 37 heavy (non-hydrogen) atoms. The topological polar surface area (TPSA) is 49.4 Å². The van der Waals surface area contributed by atoms with Crippen molar-refractivity contribution in [3.8, 4) is 0 Å². The quantitative estimate of drug-likeness (QED) is 0.150. The van der Waals surface area contributed by atoms with E-state index in [0.29, 0.717) is 71.5 Å². The average molecular weight is 564 g/mol. The molecule has 0 aliphatic carbocycles. The third kappa shape index (κ3) is 19.0. The fraction of sp³-hybridized carbons (Fsp3) is 0.875. The fourth-order valence-electron chi connectivity index (χ4n) is 5.01. The Bertz CT molecular complexity index is 499. The van der Waals surface area contributed by atoms with Gasteiger partial charge in [0, 0.05) is 41.3 Å². The molecule has 222 valence electrons. The van der Waals surface area contributed by atoms with Gasteiger partial charge in [-0.2, -0.15) is 0 Å². The fourth-order valence-corrected chi connectivity index (χ4v) is 5.01. The van der Waals surface area contributed by atoms with Crippen LogP contribution in [0.25, 0.3) is 0 Å². The Labute approximate surface area is 243 Å². The largest absolute Gasteiger partial charge is 0.288 e. The van der Waals surface area contributed by atoms with E-state index in [2.05, 4.69) is 131 Å². The number of rotatable bonds is 14. The molecule has 0 aromatic heterocycles. The van der Waals surface area contributed by atoms with Crippen molar-refractivity contribution in [2.75, 3.05) is 0 Å². The van der Waals surface area contributed by atoms with Gasteiger partial charge in [-0.25, -0.2) is 0 Å². The van der Waals surface area contributed by atoms with Crippen molar-refractivity contribution in [1.82, 2.24) is 0 Å². The van der Waals surface area contributed by atoms with Crippen molar-refractivity contribution in [3.05, 3.63) is 0 Å². The molecule has 0 rings (SSSR count). The summed E-state index contributed by atoms with van der Waals surface area (Å²) in [6.07, 6.45) is 7.57. The van der Waals surface area contributed by atoms with Gasteiger partial charge in [0.25, 0.3) is 0 Å². The minimum Gasteiger partial charge on any atom is -0.288 e. The Morgan fingerprint density at radius 3 is 0.459 bits per heavy atom. The van der Waals surface area contributed by atoms with E-state index < -0.39 is 0 Å². The molecular weight excluding hydrogens is 499 g/mol. The van der Waals surface area contributed by atoms with Crippen molar-refractivity contribution in [2.24, 2.45) is 67.3 Å². The summed E-state index contributed by atoms with van der Waals surface area (Å²) in [5.41, 5.74) is 0. The zero-order chi connectivity index (χ0) is 28.6. The van der Waals surface area contributed by atoms with Gasteiger partial charge in [-0.3, -0.25) is 20.0 Å². The summed E-state index contributed by atoms with van der Waals surface area (Å²) in [6.45, 7) is 35.6. The smallest absolute Gasteiger partial charge is 0.0546 e. The molecule has 0 radical (unpaired) electrons. The molecular formula is C32H64N4Ni. The van der Waals surface area contributed by atoms with Crippen molar-refractivity contribution < 1.29 is 16.5 Å². The molecule has 4 nitrogen and oxygen atoms in total. The zero-order valence-corrected chi connectivity index (χ0v) is 28.3. The van der Waals surface area contributed by atoms with Crippen LogP contribution in [0.4, 0.5) is 0 Å². The van der Waals surface area contributed by atoms with Crippen molar-refractivity contribution in [1.29, 1.82) is 0 Å². The molecule has 0 aliphatic heterocycles. The Kier molecular flexibility index (Phi) is 24.2. The molecule has 5 heteroatoms. The van der Waals surface area contributed by atoms with E-state index in [0.717, 1.165) is 0 Å². The van der Waals surface area contributed by atoms with Crippen LogP contribution >= 0.6 is 0 Å². The van der Waals surface area contributed by atoms with Crippen LogP contribution in [-0.4, -0.2) is 49.0 Å². The van der Waals surface area contributed by atoms with Crippen LogP contribution in [-0.2, 0) is 16.5 Å². The van der Waals surface area contributed by atoms with Gasteiger partial charge < -0.3 is 0 Å². The van der Waals surface area contributed by atoms with Crippen LogP contribution < -0.4 is 0 Å². The maximum Gasteiger partial charge on any atom is 0.0546 e. The molecule has 0 heterocycles. The molecule has 0 saturated heterocycles. The van der Waals surface area contributed by atoms with Gasteiger partial charge in [0.15, 0.2) is 0 Å². The van der Waals surface area contributed by atoms with Crippen molar-refractivity contribution in [2.45, 2.75) is 135 Å². The number of nitrogens with zero attached hydrogens (tertiary/aromatic N) is 4. The molecule has 0 amide bonds. The van der Waals surface area contributed by atoms with E-state index in [9.17, 15) is 0 Å². The van der Waals surface area contributed by atoms with Gasteiger partial charge in [-0.1, -0.05) is 111 Å². The minimum atomic E-state index is 0. The molecule has 0 unspecified atom stereocenters. The number of aliphatic imine (C=N–C) groups is 4. The summed E-state index contributed by atoms with van der Waals surface area (Å²) >= 11 is 0. The van der Waals surface area contributed by atoms with Crippen LogP contribution in [0.2, 0.25) is 0 Å². The third-order valence-corrected chi connectivity index (χ3v) is 6.63. The van der Waals surface area contributed by atoms with Gasteiger partial charge in [0.1, 0.15) is 0 Å². The second-order valence-corrected chi connectivity index (χ2v) is 13.1. The van der Waals surface area contributed by atoms with Crippen LogP contribution in [0.5, 0.6) is 0 Å². The number of hydrogen-bond donors (Lipinski definition) is 0. The van der Waals surface area contributed by atoms with Crippen LogP contribution in [0.1, 0.15) is 111 Å². The summed E-state index contributed by atoms with van der Waals surface area (Å²) in [7, 11) is 0. The van der Waals surface area contributed by atoms with Crippen LogP contribution in [0.3, 0.4) is 0 Å². The van der Waals surface area contributed by atoms with Crippen molar-refractivity contribution in [3.63, 3.8) is 0 Å². The minimum absolute atomic E-state index is 0.